The highest BCUT2D eigenvalue weighted by Crippen LogP contribution is 2.04. The first-order valence-electron chi connectivity index (χ1n) is 2.82. The smallest absolute Gasteiger partial charge is 0.303 e. The number of hydrogen-bond donors (Lipinski definition) is 2. The number of aliphatic carboxylic acids is 1. The Morgan fingerprint density at radius 1 is 1.67 bits per heavy atom. The fourth-order valence-corrected chi connectivity index (χ4v) is 0.532. The molecular weight excluding hydrogens is 120 g/mol. The average molecular weight is 131 g/mol. The minimum Gasteiger partial charge on any atom is -0.481 e. The Bertz CT molecular complexity index is 90.3. The van der Waals surface area contributed by atoms with Gasteiger partial charge in [0.15, 0.2) is 0 Å². The molecule has 0 saturated carbocycles. The lowest BCUT2D eigenvalue weighted by atomic mass is 10.1. The molecule has 0 bridgehead atoms. The van der Waals surface area contributed by atoms with Gasteiger partial charge in [0, 0.05) is 13.0 Å². The van der Waals surface area contributed by atoms with Gasteiger partial charge in [-0.05, 0) is 19.3 Å². The molecule has 53 valence electrons. The zero-order valence-corrected chi connectivity index (χ0v) is 5.21. The zero-order chi connectivity index (χ0) is 7.28. The predicted molar refractivity (Wildman–Crippen MR) is 32.8 cm³/mol. The van der Waals surface area contributed by atoms with E-state index in [1.165, 1.54) is 0 Å². The van der Waals surface area contributed by atoms with Crippen LogP contribution in [0.2, 0.25) is 0 Å². The molecular formula is C6H11O3. The van der Waals surface area contributed by atoms with Gasteiger partial charge in [0.1, 0.15) is 0 Å². The third kappa shape index (κ3) is 5.30. The van der Waals surface area contributed by atoms with Gasteiger partial charge >= 0.3 is 5.97 Å². The minimum absolute atomic E-state index is 0.0153. The molecule has 1 atom stereocenters. The summed E-state index contributed by atoms with van der Waals surface area (Å²) in [6.07, 6.45) is 0.507. The van der Waals surface area contributed by atoms with Crippen LogP contribution in [0.3, 0.4) is 0 Å². The fraction of sp³-hybridized carbons (Fsp3) is 0.667. The van der Waals surface area contributed by atoms with E-state index in [0.717, 1.165) is 0 Å². The molecule has 0 aliphatic heterocycles. The maximum atomic E-state index is 9.96. The molecule has 0 fully saturated rings. The Kier molecular flexibility index (Phi) is 4.05. The summed E-state index contributed by atoms with van der Waals surface area (Å²) in [4.78, 5) is 9.96. The average Bonchev–Trinajstić information content (AvgIpc) is 1.63. The second kappa shape index (κ2) is 4.32. The molecule has 0 aliphatic rings. The number of hydrogen-bond acceptors (Lipinski definition) is 2. The Hall–Kier alpha value is -0.570. The Morgan fingerprint density at radius 2 is 2.22 bits per heavy atom. The summed E-state index contributed by atoms with van der Waals surface area (Å²) in [5, 5.41) is 16.5. The molecule has 0 rings (SSSR count). The summed E-state index contributed by atoms with van der Waals surface area (Å²) < 4.78 is 0. The lowest BCUT2D eigenvalue weighted by Crippen LogP contribution is -2.05. The maximum Gasteiger partial charge on any atom is 0.303 e. The van der Waals surface area contributed by atoms with Gasteiger partial charge in [-0.15, -0.1) is 0 Å². The van der Waals surface area contributed by atoms with Gasteiger partial charge in [-0.25, -0.2) is 0 Å². The number of aliphatic hydroxyl groups excluding tert-OH is 1. The van der Waals surface area contributed by atoms with Gasteiger partial charge in [-0.3, -0.25) is 4.79 Å². The minimum atomic E-state index is -0.858. The van der Waals surface area contributed by atoms with Crippen molar-refractivity contribution in [1.29, 1.82) is 0 Å². The SMILES string of the molecule is [CH2]C(CCO)CC(=O)O. The lowest BCUT2D eigenvalue weighted by molar-refractivity contribution is -0.137. The van der Waals surface area contributed by atoms with Crippen LogP contribution in [-0.2, 0) is 4.79 Å². The molecule has 2 N–H and O–H groups in total. The van der Waals surface area contributed by atoms with Crippen LogP contribution in [-0.4, -0.2) is 22.8 Å². The van der Waals surface area contributed by atoms with Crippen LogP contribution < -0.4 is 0 Å². The van der Waals surface area contributed by atoms with Gasteiger partial charge in [-0.1, -0.05) is 0 Å². The van der Waals surface area contributed by atoms with E-state index in [9.17, 15) is 4.79 Å². The van der Waals surface area contributed by atoms with Gasteiger partial charge in [0.25, 0.3) is 0 Å². The van der Waals surface area contributed by atoms with E-state index in [4.69, 9.17) is 10.2 Å². The monoisotopic (exact) mass is 131 g/mol. The van der Waals surface area contributed by atoms with Crippen LogP contribution in [0.5, 0.6) is 0 Å². The van der Waals surface area contributed by atoms with Crippen LogP contribution in [0.4, 0.5) is 0 Å². The van der Waals surface area contributed by atoms with E-state index in [0.29, 0.717) is 6.42 Å². The topological polar surface area (TPSA) is 57.5 Å². The third-order valence-corrected chi connectivity index (χ3v) is 1.00. The van der Waals surface area contributed by atoms with Gasteiger partial charge in [-0.2, -0.15) is 0 Å². The summed E-state index contributed by atoms with van der Waals surface area (Å²) >= 11 is 0. The molecule has 1 radical (unpaired) electrons. The van der Waals surface area contributed by atoms with Gasteiger partial charge < -0.3 is 10.2 Å². The first-order valence-corrected chi connectivity index (χ1v) is 2.82. The van der Waals surface area contributed by atoms with E-state index in [1.807, 2.05) is 0 Å². The van der Waals surface area contributed by atoms with Crippen molar-refractivity contribution in [3.63, 3.8) is 0 Å². The van der Waals surface area contributed by atoms with Crippen molar-refractivity contribution in [3.8, 4) is 0 Å². The normalized spacial score (nSPS) is 13.1. The molecule has 0 aliphatic carbocycles. The van der Waals surface area contributed by atoms with Crippen molar-refractivity contribution in [2.24, 2.45) is 5.92 Å². The van der Waals surface area contributed by atoms with Crippen molar-refractivity contribution in [1.82, 2.24) is 0 Å². The molecule has 9 heavy (non-hydrogen) atoms. The molecule has 3 nitrogen and oxygen atoms in total. The molecule has 0 aromatic heterocycles. The summed E-state index contributed by atoms with van der Waals surface area (Å²) in [5.41, 5.74) is 0. The standard InChI is InChI=1S/C6H11O3/c1-5(2-3-7)4-6(8)9/h5,7H,1-4H2,(H,8,9). The van der Waals surface area contributed by atoms with Crippen LogP contribution in [0.1, 0.15) is 12.8 Å². The summed E-state index contributed by atoms with van der Waals surface area (Å²) in [6, 6.07) is 0. The Labute approximate surface area is 54.3 Å². The summed E-state index contributed by atoms with van der Waals surface area (Å²) in [5.74, 6) is -1.02. The molecule has 1 unspecified atom stereocenters. The van der Waals surface area contributed by atoms with E-state index in [2.05, 4.69) is 6.92 Å². The summed E-state index contributed by atoms with van der Waals surface area (Å²) in [7, 11) is 0. The largest absolute Gasteiger partial charge is 0.481 e. The molecule has 3 heteroatoms. The predicted octanol–water partition coefficient (Wildman–Crippen LogP) is 0.294. The second-order valence-electron chi connectivity index (χ2n) is 1.98. The van der Waals surface area contributed by atoms with Crippen LogP contribution in [0, 0.1) is 12.8 Å². The highest BCUT2D eigenvalue weighted by atomic mass is 16.4. The van der Waals surface area contributed by atoms with Crippen LogP contribution in [0.15, 0.2) is 0 Å². The molecule has 0 spiro atoms. The lowest BCUT2D eigenvalue weighted by Gasteiger charge is -2.03. The number of rotatable bonds is 4. The quantitative estimate of drug-likeness (QED) is 0.576. The maximum absolute atomic E-state index is 9.96. The molecule has 0 heterocycles. The van der Waals surface area contributed by atoms with Gasteiger partial charge in [0.2, 0.25) is 0 Å². The second-order valence-corrected chi connectivity index (χ2v) is 1.98. The van der Waals surface area contributed by atoms with E-state index in [1.54, 1.807) is 0 Å². The van der Waals surface area contributed by atoms with Crippen LogP contribution in [0.25, 0.3) is 0 Å². The molecule has 0 saturated heterocycles. The van der Waals surface area contributed by atoms with E-state index in [-0.39, 0.29) is 18.9 Å². The number of carboxylic acid groups (broad SMARTS) is 1. The number of carboxylic acids is 1. The van der Waals surface area contributed by atoms with Crippen LogP contribution >= 0.6 is 0 Å². The van der Waals surface area contributed by atoms with Crippen molar-refractivity contribution in [2.45, 2.75) is 12.8 Å². The Morgan fingerprint density at radius 3 is 2.56 bits per heavy atom. The van der Waals surface area contributed by atoms with E-state index < -0.39 is 5.97 Å². The summed E-state index contributed by atoms with van der Waals surface area (Å²) in [6.45, 7) is 3.54. The number of carbonyl (C=O) groups is 1. The van der Waals surface area contributed by atoms with E-state index >= 15 is 0 Å². The third-order valence-electron chi connectivity index (χ3n) is 1.00. The van der Waals surface area contributed by atoms with Crippen molar-refractivity contribution in [3.05, 3.63) is 6.92 Å². The Balaban J connectivity index is 3.26. The highest BCUT2D eigenvalue weighted by Gasteiger charge is 2.05. The first kappa shape index (κ1) is 8.43. The number of aliphatic hydroxyl groups is 1. The highest BCUT2D eigenvalue weighted by molar-refractivity contribution is 5.67. The zero-order valence-electron chi connectivity index (χ0n) is 5.21. The van der Waals surface area contributed by atoms with Crippen molar-refractivity contribution in [2.75, 3.05) is 6.61 Å². The molecule has 0 aromatic carbocycles. The van der Waals surface area contributed by atoms with Crippen molar-refractivity contribution < 1.29 is 15.0 Å². The van der Waals surface area contributed by atoms with Gasteiger partial charge in [0.05, 0.1) is 0 Å². The first-order chi connectivity index (χ1) is 4.16. The molecule has 0 amide bonds. The molecule has 0 aromatic rings. The fourth-order valence-electron chi connectivity index (χ4n) is 0.532. The van der Waals surface area contributed by atoms with Crippen molar-refractivity contribution >= 4 is 5.97 Å².